The van der Waals surface area contributed by atoms with E-state index in [4.69, 9.17) is 0 Å². The fourth-order valence-electron chi connectivity index (χ4n) is 2.75. The summed E-state index contributed by atoms with van der Waals surface area (Å²) < 4.78 is 0. The molecule has 0 unspecified atom stereocenters. The molecule has 0 radical (unpaired) electrons. The molecule has 1 aromatic heterocycles. The molecule has 0 spiro atoms. The Labute approximate surface area is 127 Å². The van der Waals surface area contributed by atoms with Gasteiger partial charge in [-0.1, -0.05) is 19.9 Å². The molecule has 1 aliphatic carbocycles. The zero-order valence-electron chi connectivity index (χ0n) is 13.3. The largest absolute Gasteiger partial charge is 0.388 e. The summed E-state index contributed by atoms with van der Waals surface area (Å²) in [5.74, 6) is -0.0740. The van der Waals surface area contributed by atoms with Crippen molar-refractivity contribution >= 4 is 5.91 Å². The van der Waals surface area contributed by atoms with E-state index in [9.17, 15) is 9.90 Å². The van der Waals surface area contributed by atoms with Gasteiger partial charge in [-0.25, -0.2) is 0 Å². The average molecular weight is 290 g/mol. The third-order valence-corrected chi connectivity index (χ3v) is 4.59. The molecule has 21 heavy (non-hydrogen) atoms. The first-order valence-corrected chi connectivity index (χ1v) is 7.69. The van der Waals surface area contributed by atoms with Crippen LogP contribution in [0, 0.1) is 12.3 Å². The molecule has 2 rings (SSSR count). The number of carbonyl (C=O) groups is 1. The highest BCUT2D eigenvalue weighted by atomic mass is 16.3. The summed E-state index contributed by atoms with van der Waals surface area (Å²) in [4.78, 5) is 16.2. The number of amides is 1. The van der Waals surface area contributed by atoms with Gasteiger partial charge in [-0.2, -0.15) is 0 Å². The summed E-state index contributed by atoms with van der Waals surface area (Å²) in [5.41, 5.74) is 1.38. The number of rotatable bonds is 4. The van der Waals surface area contributed by atoms with Crippen molar-refractivity contribution in [1.82, 2.24) is 10.3 Å². The first-order chi connectivity index (χ1) is 9.80. The van der Waals surface area contributed by atoms with Crippen LogP contribution in [0.2, 0.25) is 0 Å². The number of aliphatic hydroxyl groups is 1. The Balaban J connectivity index is 1.83. The monoisotopic (exact) mass is 290 g/mol. The van der Waals surface area contributed by atoms with Crippen LogP contribution >= 0.6 is 0 Å². The lowest BCUT2D eigenvalue weighted by Crippen LogP contribution is -2.47. The lowest BCUT2D eigenvalue weighted by molar-refractivity contribution is -0.122. The van der Waals surface area contributed by atoms with Gasteiger partial charge >= 0.3 is 0 Å². The minimum Gasteiger partial charge on any atom is -0.388 e. The molecule has 1 heterocycles. The lowest BCUT2D eigenvalue weighted by Gasteiger charge is -2.40. The standard InChI is InChI=1S/C17H26N2O2/c1-13-5-4-10-18-14(13)11-15(20)19-12-17(21)8-6-16(2,3)7-9-17/h4-5,10,21H,6-9,11-12H2,1-3H3,(H,19,20). The van der Waals surface area contributed by atoms with E-state index in [1.807, 2.05) is 19.1 Å². The van der Waals surface area contributed by atoms with E-state index in [2.05, 4.69) is 24.1 Å². The van der Waals surface area contributed by atoms with E-state index < -0.39 is 5.60 Å². The first-order valence-electron chi connectivity index (χ1n) is 7.69. The molecule has 0 aliphatic heterocycles. The van der Waals surface area contributed by atoms with E-state index in [-0.39, 0.29) is 12.3 Å². The van der Waals surface area contributed by atoms with Gasteiger partial charge in [-0.3, -0.25) is 9.78 Å². The number of nitrogens with zero attached hydrogens (tertiary/aromatic N) is 1. The van der Waals surface area contributed by atoms with Gasteiger partial charge in [0.25, 0.3) is 0 Å². The fourth-order valence-corrected chi connectivity index (χ4v) is 2.75. The van der Waals surface area contributed by atoms with Crippen LogP contribution in [0.3, 0.4) is 0 Å². The maximum atomic E-state index is 12.0. The van der Waals surface area contributed by atoms with Crippen LogP contribution in [0.15, 0.2) is 18.3 Å². The highest BCUT2D eigenvalue weighted by Gasteiger charge is 2.36. The van der Waals surface area contributed by atoms with Gasteiger partial charge in [0.1, 0.15) is 0 Å². The van der Waals surface area contributed by atoms with Crippen molar-refractivity contribution in [1.29, 1.82) is 0 Å². The quantitative estimate of drug-likeness (QED) is 0.895. The molecule has 4 heteroatoms. The highest BCUT2D eigenvalue weighted by Crippen LogP contribution is 2.39. The van der Waals surface area contributed by atoms with Gasteiger partial charge in [-0.15, -0.1) is 0 Å². The van der Waals surface area contributed by atoms with Crippen molar-refractivity contribution in [2.45, 2.75) is 58.5 Å². The second-order valence-electron chi connectivity index (χ2n) is 7.11. The molecule has 116 valence electrons. The van der Waals surface area contributed by atoms with Crippen molar-refractivity contribution in [3.8, 4) is 0 Å². The van der Waals surface area contributed by atoms with E-state index in [0.29, 0.717) is 12.0 Å². The van der Waals surface area contributed by atoms with Crippen LogP contribution in [-0.2, 0) is 11.2 Å². The molecular weight excluding hydrogens is 264 g/mol. The van der Waals surface area contributed by atoms with Crippen LogP contribution in [0.1, 0.15) is 50.8 Å². The van der Waals surface area contributed by atoms with E-state index in [1.54, 1.807) is 6.20 Å². The van der Waals surface area contributed by atoms with Crippen molar-refractivity contribution < 1.29 is 9.90 Å². The predicted octanol–water partition coefficient (Wildman–Crippen LogP) is 2.38. The number of nitrogens with one attached hydrogen (secondary N) is 1. The molecule has 2 N–H and O–H groups in total. The Morgan fingerprint density at radius 2 is 2.00 bits per heavy atom. The number of pyridine rings is 1. The Morgan fingerprint density at radius 3 is 2.62 bits per heavy atom. The predicted molar refractivity (Wildman–Crippen MR) is 82.9 cm³/mol. The third kappa shape index (κ3) is 4.53. The van der Waals surface area contributed by atoms with E-state index >= 15 is 0 Å². The van der Waals surface area contributed by atoms with Crippen molar-refractivity contribution in [2.75, 3.05) is 6.54 Å². The number of aryl methyl sites for hydroxylation is 1. The smallest absolute Gasteiger partial charge is 0.226 e. The molecule has 1 fully saturated rings. The minimum atomic E-state index is -0.746. The van der Waals surface area contributed by atoms with Gasteiger partial charge in [0.15, 0.2) is 0 Å². The molecule has 0 saturated heterocycles. The maximum Gasteiger partial charge on any atom is 0.226 e. The zero-order chi connectivity index (χ0) is 15.5. The molecule has 1 saturated carbocycles. The second-order valence-corrected chi connectivity index (χ2v) is 7.11. The molecule has 1 aromatic rings. The molecular formula is C17H26N2O2. The summed E-state index contributed by atoms with van der Waals surface area (Å²) in [5, 5.41) is 13.4. The van der Waals surface area contributed by atoms with Crippen molar-refractivity contribution in [3.63, 3.8) is 0 Å². The molecule has 0 atom stereocenters. The summed E-state index contributed by atoms with van der Waals surface area (Å²) in [6.45, 7) is 6.75. The molecule has 0 bridgehead atoms. The third-order valence-electron chi connectivity index (χ3n) is 4.59. The highest BCUT2D eigenvalue weighted by molar-refractivity contribution is 5.78. The molecule has 0 aromatic carbocycles. The Morgan fingerprint density at radius 1 is 1.33 bits per heavy atom. The summed E-state index contributed by atoms with van der Waals surface area (Å²) in [7, 11) is 0. The average Bonchev–Trinajstić information content (AvgIpc) is 2.43. The van der Waals surface area contributed by atoms with E-state index in [0.717, 1.165) is 36.9 Å². The van der Waals surface area contributed by atoms with Gasteiger partial charge in [-0.05, 0) is 49.7 Å². The van der Waals surface area contributed by atoms with Crippen LogP contribution in [-0.4, -0.2) is 28.1 Å². The minimum absolute atomic E-state index is 0.0740. The van der Waals surface area contributed by atoms with Gasteiger partial charge < -0.3 is 10.4 Å². The molecule has 1 amide bonds. The topological polar surface area (TPSA) is 62.2 Å². The Hall–Kier alpha value is -1.42. The van der Waals surface area contributed by atoms with E-state index in [1.165, 1.54) is 0 Å². The SMILES string of the molecule is Cc1cccnc1CC(=O)NCC1(O)CCC(C)(C)CC1. The number of hydrogen-bond donors (Lipinski definition) is 2. The first kappa shape index (κ1) is 16.0. The van der Waals surface area contributed by atoms with Crippen LogP contribution < -0.4 is 5.32 Å². The second kappa shape index (κ2) is 6.14. The number of aromatic nitrogens is 1. The Bertz CT molecular complexity index is 501. The Kier molecular flexibility index (Phi) is 4.67. The number of carbonyl (C=O) groups excluding carboxylic acids is 1. The summed E-state index contributed by atoms with van der Waals surface area (Å²) in [6, 6.07) is 3.82. The number of hydrogen-bond acceptors (Lipinski definition) is 3. The van der Waals surface area contributed by atoms with Crippen molar-refractivity contribution in [2.24, 2.45) is 5.41 Å². The van der Waals surface area contributed by atoms with Crippen LogP contribution in [0.5, 0.6) is 0 Å². The maximum absolute atomic E-state index is 12.0. The summed E-state index contributed by atoms with van der Waals surface area (Å²) in [6.07, 6.45) is 5.48. The summed E-state index contributed by atoms with van der Waals surface area (Å²) >= 11 is 0. The lowest BCUT2D eigenvalue weighted by atomic mass is 9.71. The van der Waals surface area contributed by atoms with Gasteiger partial charge in [0.2, 0.25) is 5.91 Å². The molecule has 1 aliphatic rings. The van der Waals surface area contributed by atoms with Crippen LogP contribution in [0.25, 0.3) is 0 Å². The molecule has 4 nitrogen and oxygen atoms in total. The van der Waals surface area contributed by atoms with Gasteiger partial charge in [0, 0.05) is 12.7 Å². The van der Waals surface area contributed by atoms with Crippen molar-refractivity contribution in [3.05, 3.63) is 29.6 Å². The zero-order valence-corrected chi connectivity index (χ0v) is 13.3. The normalized spacial score (nSPS) is 20.0. The van der Waals surface area contributed by atoms with Gasteiger partial charge in [0.05, 0.1) is 17.7 Å². The fraction of sp³-hybridized carbons (Fsp3) is 0.647. The van der Waals surface area contributed by atoms with Crippen LogP contribution in [0.4, 0.5) is 0 Å².